The smallest absolute Gasteiger partial charge is 0.331 e. The summed E-state index contributed by atoms with van der Waals surface area (Å²) in [6.45, 7) is 7.54. The van der Waals surface area contributed by atoms with Gasteiger partial charge in [0.15, 0.2) is 11.2 Å². The van der Waals surface area contributed by atoms with Gasteiger partial charge in [-0.05, 0) is 55.5 Å². The fourth-order valence-electron chi connectivity index (χ4n) is 3.57. The van der Waals surface area contributed by atoms with Crippen LogP contribution in [0.25, 0.3) is 11.4 Å². The van der Waals surface area contributed by atoms with Crippen LogP contribution in [-0.4, -0.2) is 15.9 Å². The van der Waals surface area contributed by atoms with Crippen molar-refractivity contribution in [1.82, 2.24) is 9.97 Å². The van der Waals surface area contributed by atoms with Gasteiger partial charge >= 0.3 is 5.97 Å². The summed E-state index contributed by atoms with van der Waals surface area (Å²) in [5.41, 5.74) is 0.847. The molecule has 0 aliphatic rings. The highest BCUT2D eigenvalue weighted by atomic mass is 16.5. The first-order valence-electron chi connectivity index (χ1n) is 12.5. The molecule has 5 nitrogen and oxygen atoms in total. The first-order chi connectivity index (χ1) is 15.9. The third-order valence-electron chi connectivity index (χ3n) is 6.41. The van der Waals surface area contributed by atoms with E-state index in [1.54, 1.807) is 19.1 Å². The van der Waals surface area contributed by atoms with Gasteiger partial charge in [-0.3, -0.25) is 0 Å². The van der Waals surface area contributed by atoms with Gasteiger partial charge in [-0.15, -0.1) is 0 Å². The third-order valence-corrected chi connectivity index (χ3v) is 6.41. The van der Waals surface area contributed by atoms with E-state index in [1.807, 2.05) is 38.4 Å². The van der Waals surface area contributed by atoms with Crippen LogP contribution < -0.4 is 4.74 Å². The van der Waals surface area contributed by atoms with Crippen LogP contribution in [0, 0.1) is 22.7 Å². The SMILES string of the molecule is CCCCCCCCCCCc1cnc(-c2ccc(OC(=O)C(C)(C#N)C(C)C)cc2)nc1. The van der Waals surface area contributed by atoms with E-state index in [4.69, 9.17) is 4.74 Å². The summed E-state index contributed by atoms with van der Waals surface area (Å²) >= 11 is 0. The molecule has 0 amide bonds. The van der Waals surface area contributed by atoms with E-state index in [9.17, 15) is 10.1 Å². The number of aromatic nitrogens is 2. The van der Waals surface area contributed by atoms with Gasteiger partial charge in [-0.1, -0.05) is 72.1 Å². The molecular weight excluding hydrogens is 410 g/mol. The standard InChI is InChI=1S/C28H39N3O2/c1-5-6-7-8-9-10-11-12-13-14-23-19-30-26(31-20-23)24-15-17-25(18-16-24)33-27(32)28(4,21-29)22(2)3/h15-20,22H,5-14H2,1-4H3. The summed E-state index contributed by atoms with van der Waals surface area (Å²) < 4.78 is 5.44. The normalized spacial score (nSPS) is 12.8. The van der Waals surface area contributed by atoms with Crippen molar-refractivity contribution >= 4 is 5.97 Å². The van der Waals surface area contributed by atoms with E-state index < -0.39 is 11.4 Å². The Kier molecular flexibility index (Phi) is 11.0. The Morgan fingerprint density at radius 3 is 2.03 bits per heavy atom. The van der Waals surface area contributed by atoms with Gasteiger partial charge in [0.05, 0.1) is 6.07 Å². The zero-order valence-corrected chi connectivity index (χ0v) is 20.8. The number of unbranched alkanes of at least 4 members (excludes halogenated alkanes) is 8. The average Bonchev–Trinajstić information content (AvgIpc) is 2.83. The van der Waals surface area contributed by atoms with Crippen LogP contribution in [0.5, 0.6) is 5.75 Å². The van der Waals surface area contributed by atoms with Crippen molar-refractivity contribution in [3.05, 3.63) is 42.2 Å². The molecule has 0 aliphatic heterocycles. The van der Waals surface area contributed by atoms with Crippen LogP contribution in [0.3, 0.4) is 0 Å². The van der Waals surface area contributed by atoms with Crippen molar-refractivity contribution in [3.8, 4) is 23.2 Å². The molecule has 33 heavy (non-hydrogen) atoms. The predicted molar refractivity (Wildman–Crippen MR) is 133 cm³/mol. The number of esters is 1. The first kappa shape index (κ1) is 26.5. The molecule has 0 saturated heterocycles. The van der Waals surface area contributed by atoms with Gasteiger partial charge in [0.25, 0.3) is 0 Å². The highest BCUT2D eigenvalue weighted by Gasteiger charge is 2.39. The minimum Gasteiger partial charge on any atom is -0.425 e. The Hall–Kier alpha value is -2.74. The van der Waals surface area contributed by atoms with Gasteiger partial charge in [-0.2, -0.15) is 5.26 Å². The molecule has 1 unspecified atom stereocenters. The summed E-state index contributed by atoms with van der Waals surface area (Å²) in [6, 6.07) is 9.17. The number of hydrogen-bond donors (Lipinski definition) is 0. The zero-order valence-electron chi connectivity index (χ0n) is 20.8. The largest absolute Gasteiger partial charge is 0.425 e. The maximum Gasteiger partial charge on any atom is 0.331 e. The molecule has 0 radical (unpaired) electrons. The molecule has 1 aromatic carbocycles. The summed E-state index contributed by atoms with van der Waals surface area (Å²) in [6.07, 6.45) is 16.7. The minimum absolute atomic E-state index is 0.142. The predicted octanol–water partition coefficient (Wildman–Crippen LogP) is 7.31. The van der Waals surface area contributed by atoms with Crippen LogP contribution in [0.4, 0.5) is 0 Å². The topological polar surface area (TPSA) is 75.9 Å². The van der Waals surface area contributed by atoms with Gasteiger partial charge in [0.2, 0.25) is 0 Å². The average molecular weight is 450 g/mol. The highest BCUT2D eigenvalue weighted by Crippen LogP contribution is 2.29. The maximum absolute atomic E-state index is 12.4. The van der Waals surface area contributed by atoms with Gasteiger partial charge in [-0.25, -0.2) is 14.8 Å². The van der Waals surface area contributed by atoms with E-state index >= 15 is 0 Å². The number of rotatable bonds is 14. The second-order valence-corrected chi connectivity index (χ2v) is 9.38. The Morgan fingerprint density at radius 2 is 1.52 bits per heavy atom. The fourth-order valence-corrected chi connectivity index (χ4v) is 3.57. The van der Waals surface area contributed by atoms with Gasteiger partial charge in [0, 0.05) is 18.0 Å². The second kappa shape index (κ2) is 13.7. The summed E-state index contributed by atoms with van der Waals surface area (Å²) in [5.74, 6) is 0.377. The molecular formula is C28H39N3O2. The van der Waals surface area contributed by atoms with Crippen molar-refractivity contribution in [2.24, 2.45) is 11.3 Å². The van der Waals surface area contributed by atoms with Gasteiger partial charge in [0.1, 0.15) is 5.75 Å². The fraction of sp³-hybridized carbons (Fsp3) is 0.571. The van der Waals surface area contributed by atoms with Crippen molar-refractivity contribution in [3.63, 3.8) is 0 Å². The molecule has 1 atom stereocenters. The molecule has 0 N–H and O–H groups in total. The molecule has 2 rings (SSSR count). The summed E-state index contributed by atoms with van der Waals surface area (Å²) in [4.78, 5) is 21.4. The Bertz CT molecular complexity index is 885. The second-order valence-electron chi connectivity index (χ2n) is 9.38. The first-order valence-corrected chi connectivity index (χ1v) is 12.5. The Morgan fingerprint density at radius 1 is 0.970 bits per heavy atom. The maximum atomic E-state index is 12.4. The molecule has 0 saturated carbocycles. The molecule has 0 aliphatic carbocycles. The summed E-state index contributed by atoms with van der Waals surface area (Å²) in [5, 5.41) is 9.38. The lowest BCUT2D eigenvalue weighted by Crippen LogP contribution is -2.35. The number of benzene rings is 1. The van der Waals surface area contributed by atoms with Crippen LogP contribution in [0.1, 0.15) is 91.0 Å². The zero-order chi connectivity index (χ0) is 24.1. The lowest BCUT2D eigenvalue weighted by molar-refractivity contribution is -0.143. The van der Waals surface area contributed by atoms with E-state index in [-0.39, 0.29) is 5.92 Å². The van der Waals surface area contributed by atoms with Crippen molar-refractivity contribution in [2.75, 3.05) is 0 Å². The van der Waals surface area contributed by atoms with Crippen LogP contribution >= 0.6 is 0 Å². The third kappa shape index (κ3) is 8.28. The van der Waals surface area contributed by atoms with E-state index in [1.165, 1.54) is 57.8 Å². The number of ether oxygens (including phenoxy) is 1. The van der Waals surface area contributed by atoms with Gasteiger partial charge < -0.3 is 4.74 Å². The lowest BCUT2D eigenvalue weighted by Gasteiger charge is -2.23. The number of carbonyl (C=O) groups excluding carboxylic acids is 1. The number of carbonyl (C=O) groups is 1. The molecule has 0 bridgehead atoms. The molecule has 178 valence electrons. The van der Waals surface area contributed by atoms with Crippen molar-refractivity contribution < 1.29 is 9.53 Å². The van der Waals surface area contributed by atoms with E-state index in [2.05, 4.69) is 23.0 Å². The Labute approximate surface area is 199 Å². The molecule has 1 heterocycles. The molecule has 2 aromatic rings. The number of nitriles is 1. The van der Waals surface area contributed by atoms with Crippen LogP contribution in [-0.2, 0) is 11.2 Å². The monoisotopic (exact) mass is 449 g/mol. The summed E-state index contributed by atoms with van der Waals surface area (Å²) in [7, 11) is 0. The lowest BCUT2D eigenvalue weighted by atomic mass is 9.81. The van der Waals surface area contributed by atoms with E-state index in [0.29, 0.717) is 11.6 Å². The molecule has 5 heteroatoms. The molecule has 0 spiro atoms. The van der Waals surface area contributed by atoms with Crippen molar-refractivity contribution in [1.29, 1.82) is 5.26 Å². The van der Waals surface area contributed by atoms with Crippen molar-refractivity contribution in [2.45, 2.75) is 91.9 Å². The Balaban J connectivity index is 1.79. The quantitative estimate of drug-likeness (QED) is 0.172. The van der Waals surface area contributed by atoms with Crippen LogP contribution in [0.2, 0.25) is 0 Å². The van der Waals surface area contributed by atoms with Crippen LogP contribution in [0.15, 0.2) is 36.7 Å². The van der Waals surface area contributed by atoms with E-state index in [0.717, 1.165) is 17.5 Å². The minimum atomic E-state index is -1.17. The number of nitrogens with zero attached hydrogens (tertiary/aromatic N) is 3. The molecule has 0 fully saturated rings. The highest BCUT2D eigenvalue weighted by molar-refractivity contribution is 5.82. The number of aryl methyl sites for hydroxylation is 1. The molecule has 1 aromatic heterocycles. The number of hydrogen-bond acceptors (Lipinski definition) is 5.